The monoisotopic (exact) mass is 435 g/mol. The van der Waals surface area contributed by atoms with Crippen LogP contribution in [0.5, 0.6) is 0 Å². The van der Waals surface area contributed by atoms with E-state index in [9.17, 15) is 0 Å². The number of alkyl halides is 1. The quantitative estimate of drug-likeness (QED) is 0.498. The number of aliphatic imine (C=N–C) groups is 2. The first-order valence-corrected chi connectivity index (χ1v) is 10.2. The van der Waals surface area contributed by atoms with Crippen LogP contribution in [-0.4, -0.2) is 41.9 Å². The SMILES string of the molecule is CC(=CC=CC(C)C(C)Br)C1(C(C)=CC=C2COCCO2)N=C(C)C(N)=N1. The fraction of sp³-hybridized carbons (Fsp3) is 0.524. The summed E-state index contributed by atoms with van der Waals surface area (Å²) in [6, 6.07) is 0. The van der Waals surface area contributed by atoms with Crippen molar-refractivity contribution in [1.29, 1.82) is 0 Å². The highest BCUT2D eigenvalue weighted by molar-refractivity contribution is 9.09. The maximum Gasteiger partial charge on any atom is 0.196 e. The van der Waals surface area contributed by atoms with Gasteiger partial charge in [-0.25, -0.2) is 9.98 Å². The van der Waals surface area contributed by atoms with Crippen LogP contribution in [0.4, 0.5) is 0 Å². The lowest BCUT2D eigenvalue weighted by atomic mass is 9.93. The first-order chi connectivity index (χ1) is 12.8. The number of hydrogen-bond donors (Lipinski definition) is 1. The molecule has 0 aromatic heterocycles. The first-order valence-electron chi connectivity index (χ1n) is 9.26. The van der Waals surface area contributed by atoms with Gasteiger partial charge in [0.1, 0.15) is 24.8 Å². The lowest BCUT2D eigenvalue weighted by Crippen LogP contribution is -2.26. The van der Waals surface area contributed by atoms with E-state index < -0.39 is 5.66 Å². The number of allylic oxidation sites excluding steroid dienone is 5. The second kappa shape index (κ2) is 9.51. The summed E-state index contributed by atoms with van der Waals surface area (Å²) >= 11 is 3.61. The third-order valence-corrected chi connectivity index (χ3v) is 5.68. The molecule has 2 aliphatic heterocycles. The summed E-state index contributed by atoms with van der Waals surface area (Å²) in [5.41, 5.74) is 8.02. The molecule has 1 fully saturated rings. The second-order valence-electron chi connectivity index (χ2n) is 7.02. The van der Waals surface area contributed by atoms with Gasteiger partial charge in [-0.15, -0.1) is 0 Å². The second-order valence-corrected chi connectivity index (χ2v) is 8.47. The highest BCUT2D eigenvalue weighted by Crippen LogP contribution is 2.35. The lowest BCUT2D eigenvalue weighted by Gasteiger charge is -2.25. The van der Waals surface area contributed by atoms with E-state index >= 15 is 0 Å². The van der Waals surface area contributed by atoms with E-state index in [1.54, 1.807) is 0 Å². The summed E-state index contributed by atoms with van der Waals surface area (Å²) in [5, 5.41) is 0. The van der Waals surface area contributed by atoms with Crippen LogP contribution in [0.15, 0.2) is 57.3 Å². The van der Waals surface area contributed by atoms with Crippen LogP contribution in [0.1, 0.15) is 34.6 Å². The number of rotatable bonds is 6. The van der Waals surface area contributed by atoms with Crippen LogP contribution in [-0.2, 0) is 9.47 Å². The highest BCUT2D eigenvalue weighted by atomic mass is 79.9. The van der Waals surface area contributed by atoms with Crippen molar-refractivity contribution in [3.8, 4) is 0 Å². The van der Waals surface area contributed by atoms with Gasteiger partial charge in [-0.2, -0.15) is 0 Å². The number of amidine groups is 1. The summed E-state index contributed by atoms with van der Waals surface area (Å²) < 4.78 is 11.0. The molecule has 0 saturated carbocycles. The molecule has 27 heavy (non-hydrogen) atoms. The molecule has 2 rings (SSSR count). The van der Waals surface area contributed by atoms with Crippen molar-refractivity contribution >= 4 is 27.5 Å². The van der Waals surface area contributed by atoms with Crippen molar-refractivity contribution in [1.82, 2.24) is 0 Å². The Bertz CT molecular complexity index is 704. The van der Waals surface area contributed by atoms with Gasteiger partial charge in [0.05, 0.1) is 12.3 Å². The number of hydrogen-bond acceptors (Lipinski definition) is 5. The van der Waals surface area contributed by atoms with Crippen LogP contribution >= 0.6 is 15.9 Å². The van der Waals surface area contributed by atoms with Gasteiger partial charge in [-0.3, -0.25) is 0 Å². The van der Waals surface area contributed by atoms with Crippen molar-refractivity contribution < 1.29 is 9.47 Å². The topological polar surface area (TPSA) is 69.2 Å². The van der Waals surface area contributed by atoms with Crippen LogP contribution < -0.4 is 5.73 Å². The molecule has 6 heteroatoms. The number of nitrogens with two attached hydrogens (primary N) is 1. The van der Waals surface area contributed by atoms with Gasteiger partial charge in [-0.05, 0) is 43.9 Å². The predicted octanol–water partition coefficient (Wildman–Crippen LogP) is 4.31. The average Bonchev–Trinajstić information content (AvgIpc) is 2.96. The summed E-state index contributed by atoms with van der Waals surface area (Å²) in [6.45, 7) is 12.0. The molecular weight excluding hydrogens is 406 g/mol. The molecule has 0 amide bonds. The summed E-state index contributed by atoms with van der Waals surface area (Å²) in [7, 11) is 0. The molecular formula is C21H30BrN3O2. The van der Waals surface area contributed by atoms with Gasteiger partial charge in [0.25, 0.3) is 0 Å². The maximum atomic E-state index is 6.07. The zero-order chi connectivity index (χ0) is 20.0. The van der Waals surface area contributed by atoms with E-state index in [1.165, 1.54) is 0 Å². The molecule has 0 bridgehead atoms. The predicted molar refractivity (Wildman–Crippen MR) is 117 cm³/mol. The number of halogens is 1. The van der Waals surface area contributed by atoms with E-state index in [0.717, 1.165) is 22.6 Å². The smallest absolute Gasteiger partial charge is 0.196 e. The Morgan fingerprint density at radius 3 is 2.44 bits per heavy atom. The maximum absolute atomic E-state index is 6.07. The van der Waals surface area contributed by atoms with Gasteiger partial charge < -0.3 is 15.2 Å². The van der Waals surface area contributed by atoms with Gasteiger partial charge in [0, 0.05) is 4.83 Å². The molecule has 3 atom stereocenters. The molecule has 0 spiro atoms. The summed E-state index contributed by atoms with van der Waals surface area (Å²) in [6.07, 6.45) is 10.2. The van der Waals surface area contributed by atoms with E-state index in [0.29, 0.717) is 36.4 Å². The summed E-state index contributed by atoms with van der Waals surface area (Å²) in [4.78, 5) is 9.93. The average molecular weight is 436 g/mol. The third-order valence-electron chi connectivity index (χ3n) is 4.85. The van der Waals surface area contributed by atoms with Gasteiger partial charge in [-0.1, -0.05) is 54.1 Å². The van der Waals surface area contributed by atoms with Crippen LogP contribution in [0.3, 0.4) is 0 Å². The third kappa shape index (κ3) is 5.42. The van der Waals surface area contributed by atoms with Crippen molar-refractivity contribution in [2.45, 2.75) is 45.1 Å². The minimum absolute atomic E-state index is 0.419. The Labute approximate surface area is 170 Å². The van der Waals surface area contributed by atoms with Crippen LogP contribution in [0.25, 0.3) is 0 Å². The van der Waals surface area contributed by atoms with Crippen LogP contribution in [0.2, 0.25) is 0 Å². The molecule has 2 heterocycles. The zero-order valence-electron chi connectivity index (χ0n) is 16.8. The van der Waals surface area contributed by atoms with Gasteiger partial charge >= 0.3 is 0 Å². The minimum Gasteiger partial charge on any atom is -0.493 e. The molecule has 0 aliphatic carbocycles. The molecule has 1 saturated heterocycles. The standard InChI is InChI=1S/C21H30BrN3O2/c1-14(17(4)22)7-6-8-15(2)21(24-18(5)20(23)25-21)16(3)9-10-19-13-26-11-12-27-19/h6-10,14,17H,11-13H2,1-5H3,(H2,23,25). The van der Waals surface area contributed by atoms with E-state index in [1.807, 2.05) is 32.9 Å². The first kappa shape index (κ1) is 21.6. The Hall–Kier alpha value is -1.66. The Balaban J connectivity index is 2.33. The van der Waals surface area contributed by atoms with Crippen molar-refractivity contribution in [3.05, 3.63) is 47.3 Å². The number of ether oxygens (including phenoxy) is 2. The molecule has 5 nitrogen and oxygen atoms in total. The molecule has 0 aromatic rings. The molecule has 3 unspecified atom stereocenters. The molecule has 2 aliphatic rings. The molecule has 0 aromatic carbocycles. The normalized spacial score (nSPS) is 28.1. The van der Waals surface area contributed by atoms with Gasteiger partial charge in [0.15, 0.2) is 5.66 Å². The Morgan fingerprint density at radius 1 is 1.19 bits per heavy atom. The fourth-order valence-corrected chi connectivity index (χ4v) is 2.94. The lowest BCUT2D eigenvalue weighted by molar-refractivity contribution is 0.0135. The number of nitrogens with zero attached hydrogens (tertiary/aromatic N) is 2. The minimum atomic E-state index is -0.797. The van der Waals surface area contributed by atoms with Crippen molar-refractivity contribution in [3.63, 3.8) is 0 Å². The largest absolute Gasteiger partial charge is 0.493 e. The zero-order valence-corrected chi connectivity index (χ0v) is 18.4. The van der Waals surface area contributed by atoms with Crippen molar-refractivity contribution in [2.75, 3.05) is 19.8 Å². The van der Waals surface area contributed by atoms with E-state index in [2.05, 4.69) is 48.0 Å². The fourth-order valence-electron chi connectivity index (χ4n) is 2.76. The van der Waals surface area contributed by atoms with Gasteiger partial charge in [0.2, 0.25) is 0 Å². The van der Waals surface area contributed by atoms with E-state index in [-0.39, 0.29) is 0 Å². The Kier molecular flexibility index (Phi) is 7.62. The molecule has 0 radical (unpaired) electrons. The summed E-state index contributed by atoms with van der Waals surface area (Å²) in [5.74, 6) is 1.72. The van der Waals surface area contributed by atoms with Crippen molar-refractivity contribution in [2.24, 2.45) is 21.6 Å². The molecule has 148 valence electrons. The molecule has 2 N–H and O–H groups in total. The highest BCUT2D eigenvalue weighted by Gasteiger charge is 2.37. The van der Waals surface area contributed by atoms with Crippen LogP contribution in [0, 0.1) is 5.92 Å². The van der Waals surface area contributed by atoms with E-state index in [4.69, 9.17) is 25.2 Å². The Morgan fingerprint density at radius 2 is 1.89 bits per heavy atom.